The molecular weight excluding hydrogens is 394 g/mol. The highest BCUT2D eigenvalue weighted by Crippen LogP contribution is 2.44. The maximum absolute atomic E-state index is 11.7. The summed E-state index contributed by atoms with van der Waals surface area (Å²) in [6, 6.07) is 1.62. The van der Waals surface area contributed by atoms with Crippen LogP contribution in [-0.2, 0) is 0 Å². The van der Waals surface area contributed by atoms with Gasteiger partial charge >= 0.3 is 6.03 Å². The van der Waals surface area contributed by atoms with Gasteiger partial charge in [-0.25, -0.2) is 19.7 Å². The zero-order chi connectivity index (χ0) is 17.1. The fraction of sp³-hybridized carbons (Fsp3) is 0.200. The van der Waals surface area contributed by atoms with Gasteiger partial charge in [0.1, 0.15) is 12.1 Å². The lowest BCUT2D eigenvalue weighted by Gasteiger charge is -2.10. The number of hydrogen-bond donors (Lipinski definition) is 2. The van der Waals surface area contributed by atoms with E-state index in [-0.39, 0.29) is 6.03 Å². The van der Waals surface area contributed by atoms with Gasteiger partial charge in [0.15, 0.2) is 5.13 Å². The van der Waals surface area contributed by atoms with Crippen LogP contribution in [0.15, 0.2) is 29.3 Å². The van der Waals surface area contributed by atoms with Gasteiger partial charge in [0, 0.05) is 30.1 Å². The molecule has 2 aromatic heterocycles. The molecule has 0 atom stereocenters. The number of rotatable bonds is 4. The van der Waals surface area contributed by atoms with E-state index in [1.54, 1.807) is 19.5 Å². The number of urea groups is 1. The predicted octanol–water partition coefficient (Wildman–Crippen LogP) is 3.67. The van der Waals surface area contributed by atoms with E-state index in [2.05, 4.69) is 41.5 Å². The first-order valence-electron chi connectivity index (χ1n) is 7.11. The summed E-state index contributed by atoms with van der Waals surface area (Å²) in [4.78, 5) is 24.2. The summed E-state index contributed by atoms with van der Waals surface area (Å²) in [5, 5.41) is 5.92. The molecule has 0 unspecified atom stereocenters. The van der Waals surface area contributed by atoms with Crippen LogP contribution in [0.2, 0.25) is 0 Å². The number of amides is 2. The summed E-state index contributed by atoms with van der Waals surface area (Å²) in [7, 11) is 1.61. The minimum absolute atomic E-state index is 0.281. The number of aromatic nitrogens is 3. The van der Waals surface area contributed by atoms with Crippen molar-refractivity contribution in [2.24, 2.45) is 0 Å². The van der Waals surface area contributed by atoms with Crippen LogP contribution in [0, 0.1) is 0 Å². The van der Waals surface area contributed by atoms with Gasteiger partial charge in [0.05, 0.1) is 21.8 Å². The van der Waals surface area contributed by atoms with E-state index in [0.717, 1.165) is 25.8 Å². The molecule has 0 saturated carbocycles. The first-order valence-corrected chi connectivity index (χ1v) is 8.72. The molecule has 2 amide bonds. The van der Waals surface area contributed by atoms with E-state index < -0.39 is 0 Å². The number of fused-ring (bicyclic) bond motifs is 1. The van der Waals surface area contributed by atoms with Gasteiger partial charge in [-0.15, -0.1) is 0 Å². The van der Waals surface area contributed by atoms with E-state index in [4.69, 9.17) is 4.74 Å². The maximum Gasteiger partial charge on any atom is 0.321 e. The van der Waals surface area contributed by atoms with E-state index in [1.807, 2.05) is 13.0 Å². The number of hydrogen-bond acceptors (Lipinski definition) is 6. The molecule has 7 nitrogen and oxygen atoms in total. The molecule has 0 aliphatic rings. The second-order valence-corrected chi connectivity index (χ2v) is 6.54. The average Bonchev–Trinajstić information content (AvgIpc) is 2.98. The summed E-state index contributed by atoms with van der Waals surface area (Å²) in [6.07, 6.45) is 4.90. The molecule has 24 heavy (non-hydrogen) atoms. The number of methoxy groups -OCH3 is 1. The summed E-state index contributed by atoms with van der Waals surface area (Å²) in [5.41, 5.74) is 2.40. The maximum atomic E-state index is 11.7. The van der Waals surface area contributed by atoms with Crippen molar-refractivity contribution < 1.29 is 9.53 Å². The number of thiazole rings is 1. The molecule has 2 N–H and O–H groups in total. The summed E-state index contributed by atoms with van der Waals surface area (Å²) in [5.74, 6) is 0.672. The number of anilines is 1. The normalized spacial score (nSPS) is 10.6. The van der Waals surface area contributed by atoms with Gasteiger partial charge in [-0.3, -0.25) is 5.32 Å². The van der Waals surface area contributed by atoms with Gasteiger partial charge < -0.3 is 10.1 Å². The van der Waals surface area contributed by atoms with Crippen LogP contribution < -0.4 is 15.4 Å². The molecule has 9 heteroatoms. The Balaban J connectivity index is 2.09. The second kappa shape index (κ2) is 7.10. The quantitative estimate of drug-likeness (QED) is 0.688. The molecule has 0 bridgehead atoms. The van der Waals surface area contributed by atoms with Crippen LogP contribution in [-0.4, -0.2) is 34.6 Å². The van der Waals surface area contributed by atoms with Crippen LogP contribution >= 0.6 is 27.3 Å². The van der Waals surface area contributed by atoms with E-state index in [0.29, 0.717) is 17.4 Å². The Morgan fingerprint density at radius 1 is 1.38 bits per heavy atom. The monoisotopic (exact) mass is 407 g/mol. The van der Waals surface area contributed by atoms with Gasteiger partial charge in [0.2, 0.25) is 0 Å². The first-order chi connectivity index (χ1) is 11.6. The van der Waals surface area contributed by atoms with Crippen molar-refractivity contribution in [2.75, 3.05) is 19.0 Å². The molecule has 3 rings (SSSR count). The topological polar surface area (TPSA) is 89.0 Å². The van der Waals surface area contributed by atoms with Crippen LogP contribution in [0.3, 0.4) is 0 Å². The Kier molecular flexibility index (Phi) is 4.91. The van der Waals surface area contributed by atoms with Crippen molar-refractivity contribution in [2.45, 2.75) is 6.92 Å². The predicted molar refractivity (Wildman–Crippen MR) is 97.6 cm³/mol. The smallest absolute Gasteiger partial charge is 0.321 e. The third-order valence-corrected chi connectivity index (χ3v) is 5.23. The van der Waals surface area contributed by atoms with Crippen molar-refractivity contribution in [3.63, 3.8) is 0 Å². The minimum Gasteiger partial charge on any atom is -0.495 e. The molecule has 1 aromatic carbocycles. The van der Waals surface area contributed by atoms with Crippen molar-refractivity contribution in [1.82, 2.24) is 20.3 Å². The van der Waals surface area contributed by atoms with E-state index in [1.165, 1.54) is 17.7 Å². The van der Waals surface area contributed by atoms with E-state index >= 15 is 0 Å². The zero-order valence-corrected chi connectivity index (χ0v) is 15.4. The fourth-order valence-corrected chi connectivity index (χ4v) is 3.91. The summed E-state index contributed by atoms with van der Waals surface area (Å²) >= 11 is 4.95. The molecule has 0 fully saturated rings. The first kappa shape index (κ1) is 16.6. The van der Waals surface area contributed by atoms with Crippen LogP contribution in [0.25, 0.3) is 21.3 Å². The van der Waals surface area contributed by atoms with Crippen molar-refractivity contribution in [1.29, 1.82) is 0 Å². The number of carbonyl (C=O) groups excluding carboxylic acids is 1. The largest absolute Gasteiger partial charge is 0.495 e. The Bertz CT molecular complexity index is 884. The van der Waals surface area contributed by atoms with Gasteiger partial charge in [0.25, 0.3) is 0 Å². The van der Waals surface area contributed by atoms with Crippen LogP contribution in [0.1, 0.15) is 6.92 Å². The molecule has 0 spiro atoms. The highest BCUT2D eigenvalue weighted by Gasteiger charge is 2.18. The summed E-state index contributed by atoms with van der Waals surface area (Å²) in [6.45, 7) is 2.40. The van der Waals surface area contributed by atoms with Gasteiger partial charge in [-0.2, -0.15) is 0 Å². The molecule has 0 saturated heterocycles. The number of nitrogens with one attached hydrogen (secondary N) is 2. The third kappa shape index (κ3) is 3.17. The molecule has 2 heterocycles. The second-order valence-electron chi connectivity index (χ2n) is 4.75. The van der Waals surface area contributed by atoms with Crippen LogP contribution in [0.5, 0.6) is 5.75 Å². The molecule has 0 radical (unpaired) electrons. The van der Waals surface area contributed by atoms with Crippen molar-refractivity contribution in [3.05, 3.63) is 29.3 Å². The Hall–Kier alpha value is -2.26. The highest BCUT2D eigenvalue weighted by molar-refractivity contribution is 9.10. The lowest BCUT2D eigenvalue weighted by atomic mass is 10.1. The van der Waals surface area contributed by atoms with E-state index in [9.17, 15) is 4.79 Å². The average molecular weight is 408 g/mol. The number of ether oxygens (including phenoxy) is 1. The Labute approximate surface area is 150 Å². The minimum atomic E-state index is -0.281. The lowest BCUT2D eigenvalue weighted by Crippen LogP contribution is -2.28. The lowest BCUT2D eigenvalue weighted by molar-refractivity contribution is 0.252. The molecule has 0 aliphatic carbocycles. The van der Waals surface area contributed by atoms with Crippen molar-refractivity contribution in [3.8, 4) is 16.9 Å². The third-order valence-electron chi connectivity index (χ3n) is 3.21. The molecular formula is C15H14BrN5O2S. The van der Waals surface area contributed by atoms with Crippen molar-refractivity contribution >= 4 is 48.6 Å². The Morgan fingerprint density at radius 2 is 2.12 bits per heavy atom. The summed E-state index contributed by atoms with van der Waals surface area (Å²) < 4.78 is 7.21. The number of halogens is 1. The number of carbonyl (C=O) groups is 1. The standard InChI is InChI=1S/C15H14BrN5O2S/c1-3-19-14(22)21-15-20-10-4-9(8-5-17-7-18-6-8)12(23-2)11(16)13(10)24-15/h4-7H,3H2,1-2H3,(H2,19,20,21,22). The SMILES string of the molecule is CCNC(=O)Nc1nc2cc(-c3cncnc3)c(OC)c(Br)c2s1. The Morgan fingerprint density at radius 3 is 2.79 bits per heavy atom. The number of nitrogens with zero attached hydrogens (tertiary/aromatic N) is 3. The number of benzene rings is 1. The van der Waals surface area contributed by atoms with Gasteiger partial charge in [-0.1, -0.05) is 11.3 Å². The fourth-order valence-electron chi connectivity index (χ4n) is 2.22. The van der Waals surface area contributed by atoms with Gasteiger partial charge in [-0.05, 0) is 28.9 Å². The zero-order valence-electron chi connectivity index (χ0n) is 13.0. The highest BCUT2D eigenvalue weighted by atomic mass is 79.9. The molecule has 124 valence electrons. The molecule has 3 aromatic rings. The van der Waals surface area contributed by atoms with Crippen LogP contribution in [0.4, 0.5) is 9.93 Å². The molecule has 0 aliphatic heterocycles.